The van der Waals surface area contributed by atoms with Gasteiger partial charge in [0.25, 0.3) is 6.10 Å². The lowest BCUT2D eigenvalue weighted by Crippen LogP contribution is -2.45. The highest BCUT2D eigenvalue weighted by atomic mass is 19.4. The van der Waals surface area contributed by atoms with E-state index in [2.05, 4.69) is 11.3 Å². The Labute approximate surface area is 120 Å². The number of aliphatic hydroxyl groups excluding tert-OH is 1. The number of benzene rings is 1. The summed E-state index contributed by atoms with van der Waals surface area (Å²) in [5.74, 6) is -1.99. The first-order valence-corrected chi connectivity index (χ1v) is 5.70. The van der Waals surface area contributed by atoms with Gasteiger partial charge in [-0.3, -0.25) is 0 Å². The van der Waals surface area contributed by atoms with Gasteiger partial charge >= 0.3 is 18.3 Å². The van der Waals surface area contributed by atoms with Crippen LogP contribution in [0.5, 0.6) is 0 Å². The summed E-state index contributed by atoms with van der Waals surface area (Å²) in [5.41, 5.74) is -0.871. The molecule has 22 heavy (non-hydrogen) atoms. The van der Waals surface area contributed by atoms with Gasteiger partial charge < -0.3 is 9.84 Å². The van der Waals surface area contributed by atoms with E-state index in [4.69, 9.17) is 0 Å². The minimum atomic E-state index is -5.83. The van der Waals surface area contributed by atoms with Crippen molar-refractivity contribution < 1.29 is 41.0 Å². The molecule has 1 aromatic rings. The number of rotatable bonds is 4. The number of hydrogen-bond donors (Lipinski definition) is 1. The Balaban J connectivity index is 2.89. The quantitative estimate of drug-likeness (QED) is 0.524. The van der Waals surface area contributed by atoms with Gasteiger partial charge in [-0.2, -0.15) is 26.3 Å². The third-order valence-electron chi connectivity index (χ3n) is 2.53. The van der Waals surface area contributed by atoms with Crippen LogP contribution in [0.25, 0.3) is 0 Å². The summed E-state index contributed by atoms with van der Waals surface area (Å²) in [6, 6.07) is 7.08. The van der Waals surface area contributed by atoms with Crippen LogP contribution >= 0.6 is 0 Å². The van der Waals surface area contributed by atoms with E-state index in [0.717, 1.165) is 0 Å². The monoisotopic (exact) mass is 328 g/mol. The average Bonchev–Trinajstić information content (AvgIpc) is 2.41. The maximum atomic E-state index is 12.3. The van der Waals surface area contributed by atoms with E-state index in [-0.39, 0.29) is 5.56 Å². The molecule has 9 heteroatoms. The summed E-state index contributed by atoms with van der Waals surface area (Å²) >= 11 is 0. The predicted molar refractivity (Wildman–Crippen MR) is 62.5 cm³/mol. The molecule has 1 aromatic carbocycles. The standard InChI is InChI=1S/C13H10F6O3/c1-7(9(20)8-5-3-2-4-6-8)10(21)22-11(12(14,15)16)13(17,18)19/h2-6,9,11,20H,1H2/t9-/m0/s1. The molecule has 0 aliphatic heterocycles. The van der Waals surface area contributed by atoms with Crippen molar-refractivity contribution in [2.75, 3.05) is 0 Å². The number of hydrogen-bond acceptors (Lipinski definition) is 3. The third kappa shape index (κ3) is 4.48. The van der Waals surface area contributed by atoms with Gasteiger partial charge in [0.05, 0.1) is 5.57 Å². The van der Waals surface area contributed by atoms with E-state index in [9.17, 15) is 36.2 Å². The number of halogens is 6. The highest BCUT2D eigenvalue weighted by molar-refractivity contribution is 5.89. The molecule has 0 heterocycles. The van der Waals surface area contributed by atoms with E-state index >= 15 is 0 Å². The lowest BCUT2D eigenvalue weighted by molar-refractivity contribution is -0.312. The van der Waals surface area contributed by atoms with Crippen molar-refractivity contribution >= 4 is 5.97 Å². The molecule has 0 amide bonds. The Morgan fingerprint density at radius 2 is 1.50 bits per heavy atom. The lowest BCUT2D eigenvalue weighted by atomic mass is 10.0. The molecular formula is C13H10F6O3. The topological polar surface area (TPSA) is 46.5 Å². The third-order valence-corrected chi connectivity index (χ3v) is 2.53. The molecule has 0 bridgehead atoms. The molecule has 0 fully saturated rings. The van der Waals surface area contributed by atoms with Crippen molar-refractivity contribution in [3.05, 3.63) is 48.0 Å². The number of carbonyl (C=O) groups excluding carboxylic acids is 1. The molecule has 1 atom stereocenters. The smallest absolute Gasteiger partial charge is 0.434 e. The van der Waals surface area contributed by atoms with Crippen molar-refractivity contribution in [2.24, 2.45) is 0 Å². The van der Waals surface area contributed by atoms with E-state index in [1.165, 1.54) is 24.3 Å². The Morgan fingerprint density at radius 3 is 1.91 bits per heavy atom. The van der Waals surface area contributed by atoms with Crippen molar-refractivity contribution in [1.29, 1.82) is 0 Å². The molecule has 1 rings (SSSR count). The number of esters is 1. The van der Waals surface area contributed by atoms with E-state index in [0.29, 0.717) is 0 Å². The van der Waals surface area contributed by atoms with Crippen LogP contribution < -0.4 is 0 Å². The molecule has 0 aliphatic rings. The highest BCUT2D eigenvalue weighted by Crippen LogP contribution is 2.36. The van der Waals surface area contributed by atoms with Crippen LogP contribution in [-0.4, -0.2) is 29.5 Å². The molecule has 0 saturated carbocycles. The summed E-state index contributed by atoms with van der Waals surface area (Å²) in [5, 5.41) is 9.72. The Bertz CT molecular complexity index is 521. The van der Waals surface area contributed by atoms with E-state index < -0.39 is 36.1 Å². The number of alkyl halides is 6. The fourth-order valence-corrected chi connectivity index (χ4v) is 1.45. The zero-order chi connectivity index (χ0) is 17.1. The van der Waals surface area contributed by atoms with Crippen LogP contribution in [0, 0.1) is 0 Å². The first-order valence-electron chi connectivity index (χ1n) is 5.70. The summed E-state index contributed by atoms with van der Waals surface area (Å²) in [4.78, 5) is 11.4. The van der Waals surface area contributed by atoms with Gasteiger partial charge in [-0.1, -0.05) is 36.9 Å². The van der Waals surface area contributed by atoms with Gasteiger partial charge in [-0.15, -0.1) is 0 Å². The number of ether oxygens (including phenoxy) is 1. The predicted octanol–water partition coefficient (Wildman–Crippen LogP) is 3.31. The normalized spacial score (nSPS) is 13.8. The number of carbonyl (C=O) groups is 1. The second-order valence-corrected chi connectivity index (χ2v) is 4.21. The van der Waals surface area contributed by atoms with Crippen molar-refractivity contribution in [1.82, 2.24) is 0 Å². The van der Waals surface area contributed by atoms with Crippen LogP contribution in [0.1, 0.15) is 11.7 Å². The van der Waals surface area contributed by atoms with Gasteiger partial charge in [-0.25, -0.2) is 4.79 Å². The molecule has 0 saturated heterocycles. The summed E-state index contributed by atoms with van der Waals surface area (Å²) < 4.78 is 77.1. The Kier molecular flexibility index (Phi) is 5.23. The van der Waals surface area contributed by atoms with Crippen LogP contribution in [0.2, 0.25) is 0 Å². The molecule has 0 spiro atoms. The van der Waals surface area contributed by atoms with Crippen molar-refractivity contribution in [3.8, 4) is 0 Å². The molecule has 122 valence electrons. The second-order valence-electron chi connectivity index (χ2n) is 4.21. The van der Waals surface area contributed by atoms with Crippen LogP contribution in [0.4, 0.5) is 26.3 Å². The Morgan fingerprint density at radius 1 is 1.05 bits per heavy atom. The fourth-order valence-electron chi connectivity index (χ4n) is 1.45. The minimum Gasteiger partial charge on any atom is -0.439 e. The summed E-state index contributed by atoms with van der Waals surface area (Å²) in [7, 11) is 0. The second kappa shape index (κ2) is 6.39. The summed E-state index contributed by atoms with van der Waals surface area (Å²) in [6.07, 6.45) is -17.7. The summed E-state index contributed by atoms with van der Waals surface area (Å²) in [6.45, 7) is 2.99. The maximum Gasteiger partial charge on any atom is 0.434 e. The van der Waals surface area contributed by atoms with Gasteiger partial charge in [0.1, 0.15) is 6.10 Å². The molecule has 0 radical (unpaired) electrons. The van der Waals surface area contributed by atoms with E-state index in [1.54, 1.807) is 6.07 Å². The van der Waals surface area contributed by atoms with Crippen LogP contribution in [0.15, 0.2) is 42.5 Å². The molecule has 0 aromatic heterocycles. The average molecular weight is 328 g/mol. The number of aliphatic hydroxyl groups is 1. The zero-order valence-electron chi connectivity index (χ0n) is 10.8. The zero-order valence-corrected chi connectivity index (χ0v) is 10.8. The SMILES string of the molecule is C=C(C(=O)OC(C(F)(F)F)C(F)(F)F)[C@H](O)c1ccccc1. The molecule has 3 nitrogen and oxygen atoms in total. The maximum absolute atomic E-state index is 12.3. The molecule has 0 unspecified atom stereocenters. The van der Waals surface area contributed by atoms with Gasteiger partial charge in [-0.05, 0) is 5.56 Å². The first-order chi connectivity index (χ1) is 9.94. The van der Waals surface area contributed by atoms with Crippen molar-refractivity contribution in [3.63, 3.8) is 0 Å². The Hall–Kier alpha value is -2.03. The lowest BCUT2D eigenvalue weighted by Gasteiger charge is -2.24. The van der Waals surface area contributed by atoms with Gasteiger partial charge in [0, 0.05) is 0 Å². The van der Waals surface area contributed by atoms with Gasteiger partial charge in [0.15, 0.2) is 0 Å². The van der Waals surface area contributed by atoms with Crippen LogP contribution in [-0.2, 0) is 9.53 Å². The van der Waals surface area contributed by atoms with Crippen LogP contribution in [0.3, 0.4) is 0 Å². The minimum absolute atomic E-state index is 0.0695. The highest BCUT2D eigenvalue weighted by Gasteiger charge is 2.60. The molecule has 0 aliphatic carbocycles. The van der Waals surface area contributed by atoms with Gasteiger partial charge in [0.2, 0.25) is 0 Å². The largest absolute Gasteiger partial charge is 0.439 e. The van der Waals surface area contributed by atoms with E-state index in [1.807, 2.05) is 0 Å². The molecular weight excluding hydrogens is 318 g/mol. The first kappa shape index (κ1) is 18.0. The van der Waals surface area contributed by atoms with Crippen molar-refractivity contribution in [2.45, 2.75) is 24.6 Å². The molecule has 1 N–H and O–H groups in total. The fraction of sp³-hybridized carbons (Fsp3) is 0.308.